The highest BCUT2D eigenvalue weighted by molar-refractivity contribution is 5.79. The fraction of sp³-hybridized carbons (Fsp3) is 0.650. The molecule has 0 aromatic heterocycles. The van der Waals surface area contributed by atoms with Gasteiger partial charge >= 0.3 is 0 Å². The van der Waals surface area contributed by atoms with Crippen LogP contribution in [-0.4, -0.2) is 75.7 Å². The second-order valence-corrected chi connectivity index (χ2v) is 6.83. The predicted molar refractivity (Wildman–Crippen MR) is 109 cm³/mol. The van der Waals surface area contributed by atoms with Gasteiger partial charge in [0.2, 0.25) is 0 Å². The average molecular weight is 362 g/mol. The lowest BCUT2D eigenvalue weighted by molar-refractivity contribution is 0.152. The zero-order valence-electron chi connectivity index (χ0n) is 16.6. The van der Waals surface area contributed by atoms with Crippen molar-refractivity contribution in [3.05, 3.63) is 29.8 Å². The maximum atomic E-state index is 5.27. The topological polar surface area (TPSA) is 52.1 Å². The van der Waals surface area contributed by atoms with E-state index in [1.165, 1.54) is 39.1 Å². The number of ether oxygens (including phenoxy) is 1. The molecule has 26 heavy (non-hydrogen) atoms. The van der Waals surface area contributed by atoms with Crippen LogP contribution in [0.5, 0.6) is 5.75 Å². The highest BCUT2D eigenvalue weighted by atomic mass is 16.5. The number of likely N-dealkylation sites (N-methyl/N-ethyl adjacent to an activating group) is 1. The van der Waals surface area contributed by atoms with Crippen LogP contribution < -0.4 is 15.4 Å². The third kappa shape index (κ3) is 7.62. The van der Waals surface area contributed by atoms with Crippen molar-refractivity contribution in [2.45, 2.75) is 26.3 Å². The van der Waals surface area contributed by atoms with Gasteiger partial charge in [0, 0.05) is 39.3 Å². The highest BCUT2D eigenvalue weighted by Crippen LogP contribution is 2.13. The van der Waals surface area contributed by atoms with Gasteiger partial charge in [-0.05, 0) is 51.1 Å². The molecule has 6 heteroatoms. The van der Waals surface area contributed by atoms with E-state index in [1.807, 2.05) is 18.2 Å². The van der Waals surface area contributed by atoms with E-state index in [9.17, 15) is 0 Å². The van der Waals surface area contributed by atoms with Crippen LogP contribution in [0.4, 0.5) is 0 Å². The van der Waals surface area contributed by atoms with Crippen LogP contribution in [0.2, 0.25) is 0 Å². The maximum Gasteiger partial charge on any atom is 0.191 e. The first-order valence-corrected chi connectivity index (χ1v) is 9.77. The molecule has 1 aliphatic rings. The smallest absolute Gasteiger partial charge is 0.191 e. The Balaban J connectivity index is 1.68. The predicted octanol–water partition coefficient (Wildman–Crippen LogP) is 1.78. The zero-order valence-corrected chi connectivity index (χ0v) is 16.6. The summed E-state index contributed by atoms with van der Waals surface area (Å²) in [6.45, 7) is 10.6. The fourth-order valence-corrected chi connectivity index (χ4v) is 3.02. The van der Waals surface area contributed by atoms with E-state index in [-0.39, 0.29) is 0 Å². The summed E-state index contributed by atoms with van der Waals surface area (Å²) in [6.07, 6.45) is 2.39. The summed E-state index contributed by atoms with van der Waals surface area (Å²) in [5.74, 6) is 1.76. The standard InChI is InChI=1S/C20H35N5O/c1-4-21-20(23-17-18-8-7-9-19(16-18)26-3)22-10-5-6-11-25-14-12-24(2)13-15-25/h7-9,16H,4-6,10-15,17H2,1-3H3,(H2,21,22,23). The molecule has 1 heterocycles. The molecule has 0 bridgehead atoms. The van der Waals surface area contributed by atoms with Gasteiger partial charge in [-0.2, -0.15) is 0 Å². The molecule has 0 unspecified atom stereocenters. The average Bonchev–Trinajstić information content (AvgIpc) is 2.67. The lowest BCUT2D eigenvalue weighted by atomic mass is 10.2. The van der Waals surface area contributed by atoms with Crippen molar-refractivity contribution in [1.29, 1.82) is 0 Å². The maximum absolute atomic E-state index is 5.27. The van der Waals surface area contributed by atoms with E-state index < -0.39 is 0 Å². The van der Waals surface area contributed by atoms with Crippen LogP contribution in [0.1, 0.15) is 25.3 Å². The number of piperazine rings is 1. The summed E-state index contributed by atoms with van der Waals surface area (Å²) in [6, 6.07) is 8.06. The van der Waals surface area contributed by atoms with E-state index in [0.717, 1.165) is 36.8 Å². The number of hydrogen-bond acceptors (Lipinski definition) is 4. The Bertz CT molecular complexity index is 541. The van der Waals surface area contributed by atoms with Crippen molar-refractivity contribution >= 4 is 5.96 Å². The minimum atomic E-state index is 0.647. The summed E-state index contributed by atoms with van der Waals surface area (Å²) in [5, 5.41) is 6.76. The lowest BCUT2D eigenvalue weighted by Crippen LogP contribution is -2.44. The number of aliphatic imine (C=N–C) groups is 1. The normalized spacial score (nSPS) is 16.5. The molecule has 0 saturated carbocycles. The molecule has 0 amide bonds. The van der Waals surface area contributed by atoms with E-state index in [2.05, 4.69) is 45.5 Å². The largest absolute Gasteiger partial charge is 0.497 e. The van der Waals surface area contributed by atoms with Gasteiger partial charge in [0.05, 0.1) is 13.7 Å². The van der Waals surface area contributed by atoms with Crippen molar-refractivity contribution in [3.63, 3.8) is 0 Å². The number of hydrogen-bond donors (Lipinski definition) is 2. The summed E-state index contributed by atoms with van der Waals surface area (Å²) in [7, 11) is 3.89. The van der Waals surface area contributed by atoms with Gasteiger partial charge in [-0.25, -0.2) is 4.99 Å². The van der Waals surface area contributed by atoms with Gasteiger partial charge in [0.15, 0.2) is 5.96 Å². The molecule has 1 fully saturated rings. The molecule has 146 valence electrons. The summed E-state index contributed by atoms with van der Waals surface area (Å²) in [4.78, 5) is 9.65. The Morgan fingerprint density at radius 3 is 2.69 bits per heavy atom. The molecule has 1 aliphatic heterocycles. The number of unbranched alkanes of at least 4 members (excludes halogenated alkanes) is 1. The molecule has 1 aromatic carbocycles. The van der Waals surface area contributed by atoms with Gasteiger partial charge in [-0.3, -0.25) is 0 Å². The molecule has 1 aromatic rings. The first-order chi connectivity index (χ1) is 12.7. The van der Waals surface area contributed by atoms with Crippen LogP contribution in [0.3, 0.4) is 0 Å². The minimum Gasteiger partial charge on any atom is -0.497 e. The molecular formula is C20H35N5O. The van der Waals surface area contributed by atoms with Gasteiger partial charge < -0.3 is 25.2 Å². The summed E-state index contributed by atoms with van der Waals surface area (Å²) in [5.41, 5.74) is 1.15. The number of methoxy groups -OCH3 is 1. The first-order valence-electron chi connectivity index (χ1n) is 9.77. The Morgan fingerprint density at radius 1 is 1.15 bits per heavy atom. The molecular weight excluding hydrogens is 326 g/mol. The molecule has 0 atom stereocenters. The first kappa shape index (κ1) is 20.5. The second-order valence-electron chi connectivity index (χ2n) is 6.83. The molecule has 0 radical (unpaired) electrons. The fourth-order valence-electron chi connectivity index (χ4n) is 3.02. The molecule has 6 nitrogen and oxygen atoms in total. The monoisotopic (exact) mass is 361 g/mol. The van der Waals surface area contributed by atoms with Gasteiger partial charge in [-0.1, -0.05) is 12.1 Å². The van der Waals surface area contributed by atoms with Crippen LogP contribution in [0.25, 0.3) is 0 Å². The minimum absolute atomic E-state index is 0.647. The van der Waals surface area contributed by atoms with Gasteiger partial charge in [-0.15, -0.1) is 0 Å². The molecule has 0 spiro atoms. The Labute approximate surface area is 158 Å². The van der Waals surface area contributed by atoms with E-state index in [1.54, 1.807) is 7.11 Å². The molecule has 2 rings (SSSR count). The zero-order chi connectivity index (χ0) is 18.6. The van der Waals surface area contributed by atoms with Gasteiger partial charge in [0.25, 0.3) is 0 Å². The van der Waals surface area contributed by atoms with Crippen molar-refractivity contribution in [2.75, 3.05) is 60.0 Å². The van der Waals surface area contributed by atoms with Crippen molar-refractivity contribution in [1.82, 2.24) is 20.4 Å². The van der Waals surface area contributed by atoms with Gasteiger partial charge in [0.1, 0.15) is 5.75 Å². The molecule has 0 aliphatic carbocycles. The van der Waals surface area contributed by atoms with Crippen molar-refractivity contribution in [3.8, 4) is 5.75 Å². The molecule has 2 N–H and O–H groups in total. The Kier molecular flexibility index (Phi) is 9.28. The Morgan fingerprint density at radius 2 is 1.96 bits per heavy atom. The van der Waals surface area contributed by atoms with Crippen LogP contribution in [-0.2, 0) is 6.54 Å². The van der Waals surface area contributed by atoms with Crippen molar-refractivity contribution in [2.24, 2.45) is 4.99 Å². The number of benzene rings is 1. The van der Waals surface area contributed by atoms with E-state index in [4.69, 9.17) is 4.74 Å². The number of guanidine groups is 1. The highest BCUT2D eigenvalue weighted by Gasteiger charge is 2.12. The number of nitrogens with one attached hydrogen (secondary N) is 2. The third-order valence-corrected chi connectivity index (χ3v) is 4.69. The summed E-state index contributed by atoms with van der Waals surface area (Å²) < 4.78 is 5.27. The quantitative estimate of drug-likeness (QED) is 0.399. The van der Waals surface area contributed by atoms with Crippen LogP contribution >= 0.6 is 0 Å². The van der Waals surface area contributed by atoms with Crippen LogP contribution in [0, 0.1) is 0 Å². The van der Waals surface area contributed by atoms with Crippen LogP contribution in [0.15, 0.2) is 29.3 Å². The molecule has 1 saturated heterocycles. The lowest BCUT2D eigenvalue weighted by Gasteiger charge is -2.32. The second kappa shape index (κ2) is 11.8. The van der Waals surface area contributed by atoms with E-state index in [0.29, 0.717) is 6.54 Å². The van der Waals surface area contributed by atoms with Crippen molar-refractivity contribution < 1.29 is 4.74 Å². The number of nitrogens with zero attached hydrogens (tertiary/aromatic N) is 3. The Hall–Kier alpha value is -1.79. The van der Waals surface area contributed by atoms with E-state index >= 15 is 0 Å². The number of rotatable bonds is 9. The SMILES string of the molecule is CCNC(=NCc1cccc(OC)c1)NCCCCN1CCN(C)CC1. The third-order valence-electron chi connectivity index (χ3n) is 4.69. The summed E-state index contributed by atoms with van der Waals surface area (Å²) >= 11 is 0.